The van der Waals surface area contributed by atoms with Crippen LogP contribution in [0.2, 0.25) is 0 Å². The normalized spacial score (nSPS) is 16.8. The molecule has 0 aromatic carbocycles. The highest BCUT2D eigenvalue weighted by Crippen LogP contribution is 2.22. The predicted molar refractivity (Wildman–Crippen MR) is 82.0 cm³/mol. The third-order valence-electron chi connectivity index (χ3n) is 3.89. The van der Waals surface area contributed by atoms with Gasteiger partial charge in [0.25, 0.3) is 0 Å². The molecule has 1 aliphatic rings. The minimum Gasteiger partial charge on any atom is -0.476 e. The Hall–Kier alpha value is -1.69. The molecular formula is C15H24N4O2. The van der Waals surface area contributed by atoms with Crippen LogP contribution in [0.1, 0.15) is 49.9 Å². The van der Waals surface area contributed by atoms with Gasteiger partial charge < -0.3 is 10.0 Å². The van der Waals surface area contributed by atoms with Crippen molar-refractivity contribution in [3.8, 4) is 0 Å². The van der Waals surface area contributed by atoms with E-state index in [1.54, 1.807) is 6.20 Å². The van der Waals surface area contributed by atoms with E-state index in [4.69, 9.17) is 0 Å². The number of carboxylic acids is 1. The highest BCUT2D eigenvalue weighted by molar-refractivity contribution is 5.92. The monoisotopic (exact) mass is 292 g/mol. The third-order valence-corrected chi connectivity index (χ3v) is 3.89. The summed E-state index contributed by atoms with van der Waals surface area (Å²) in [5.41, 5.74) is 0.752. The number of carboxylic acid groups (broad SMARTS) is 1. The molecule has 1 fully saturated rings. The van der Waals surface area contributed by atoms with E-state index in [1.165, 1.54) is 0 Å². The van der Waals surface area contributed by atoms with E-state index < -0.39 is 5.97 Å². The van der Waals surface area contributed by atoms with E-state index in [0.29, 0.717) is 17.6 Å². The number of nitrogens with zero attached hydrogens (tertiary/aromatic N) is 4. The largest absolute Gasteiger partial charge is 0.476 e. The van der Waals surface area contributed by atoms with Crippen LogP contribution in [0.15, 0.2) is 6.20 Å². The fourth-order valence-electron chi connectivity index (χ4n) is 2.54. The molecule has 0 bridgehead atoms. The first kappa shape index (κ1) is 15.7. The van der Waals surface area contributed by atoms with Crippen molar-refractivity contribution in [3.05, 3.63) is 17.7 Å². The Kier molecular flexibility index (Phi) is 4.77. The second kappa shape index (κ2) is 6.39. The van der Waals surface area contributed by atoms with Crippen LogP contribution in [-0.2, 0) is 0 Å². The van der Waals surface area contributed by atoms with Crippen LogP contribution >= 0.6 is 0 Å². The molecule has 0 unspecified atom stereocenters. The van der Waals surface area contributed by atoms with Gasteiger partial charge >= 0.3 is 5.97 Å². The maximum atomic E-state index is 11.5. The fourth-order valence-corrected chi connectivity index (χ4v) is 2.54. The van der Waals surface area contributed by atoms with Gasteiger partial charge in [-0.15, -0.1) is 0 Å². The van der Waals surface area contributed by atoms with Gasteiger partial charge in [-0.3, -0.25) is 4.90 Å². The van der Waals surface area contributed by atoms with Crippen molar-refractivity contribution in [2.45, 2.75) is 39.7 Å². The van der Waals surface area contributed by atoms with Crippen LogP contribution in [0.5, 0.6) is 0 Å². The van der Waals surface area contributed by atoms with Crippen LogP contribution < -0.4 is 4.90 Å². The van der Waals surface area contributed by atoms with Crippen molar-refractivity contribution in [2.75, 3.05) is 31.1 Å². The Morgan fingerprint density at radius 1 is 1.19 bits per heavy atom. The summed E-state index contributed by atoms with van der Waals surface area (Å²) in [7, 11) is 0. The van der Waals surface area contributed by atoms with Crippen molar-refractivity contribution in [3.63, 3.8) is 0 Å². The van der Waals surface area contributed by atoms with Gasteiger partial charge in [-0.05, 0) is 13.8 Å². The topological polar surface area (TPSA) is 69.6 Å². The molecule has 0 saturated carbocycles. The van der Waals surface area contributed by atoms with Gasteiger partial charge in [0.15, 0.2) is 5.69 Å². The summed E-state index contributed by atoms with van der Waals surface area (Å²) in [6.45, 7) is 11.8. The Labute approximate surface area is 125 Å². The van der Waals surface area contributed by atoms with E-state index in [1.807, 2.05) is 13.8 Å². The van der Waals surface area contributed by atoms with Gasteiger partial charge in [0.05, 0.1) is 11.9 Å². The maximum absolute atomic E-state index is 11.5. The molecule has 0 aliphatic carbocycles. The summed E-state index contributed by atoms with van der Waals surface area (Å²) in [5.74, 6) is -0.285. The zero-order valence-corrected chi connectivity index (χ0v) is 13.2. The zero-order chi connectivity index (χ0) is 15.6. The summed E-state index contributed by atoms with van der Waals surface area (Å²) in [6.07, 6.45) is 1.66. The molecule has 0 spiro atoms. The van der Waals surface area contributed by atoms with E-state index in [9.17, 15) is 9.90 Å². The van der Waals surface area contributed by atoms with E-state index >= 15 is 0 Å². The minimum absolute atomic E-state index is 0.117. The number of aromatic carboxylic acids is 1. The van der Waals surface area contributed by atoms with Gasteiger partial charge in [0.2, 0.25) is 0 Å². The molecule has 21 heavy (non-hydrogen) atoms. The second-order valence-electron chi connectivity index (χ2n) is 6.04. The quantitative estimate of drug-likeness (QED) is 0.913. The Morgan fingerprint density at radius 2 is 1.81 bits per heavy atom. The lowest BCUT2D eigenvalue weighted by atomic mass is 10.2. The summed E-state index contributed by atoms with van der Waals surface area (Å²) in [5, 5.41) is 9.42. The molecule has 0 amide bonds. The van der Waals surface area contributed by atoms with Gasteiger partial charge in [-0.25, -0.2) is 14.8 Å². The van der Waals surface area contributed by atoms with Gasteiger partial charge in [-0.1, -0.05) is 13.8 Å². The van der Waals surface area contributed by atoms with E-state index in [2.05, 4.69) is 33.6 Å². The number of hydrogen-bond acceptors (Lipinski definition) is 5. The Balaban J connectivity index is 2.22. The van der Waals surface area contributed by atoms with Gasteiger partial charge in [0.1, 0.15) is 5.82 Å². The molecule has 2 rings (SSSR count). The molecule has 1 aromatic rings. The van der Waals surface area contributed by atoms with E-state index in [-0.39, 0.29) is 11.6 Å². The van der Waals surface area contributed by atoms with Gasteiger partial charge in [0, 0.05) is 38.1 Å². The third kappa shape index (κ3) is 3.50. The van der Waals surface area contributed by atoms with Crippen molar-refractivity contribution < 1.29 is 9.90 Å². The number of rotatable bonds is 4. The van der Waals surface area contributed by atoms with E-state index in [0.717, 1.165) is 26.2 Å². The van der Waals surface area contributed by atoms with Crippen molar-refractivity contribution in [2.24, 2.45) is 0 Å². The molecule has 116 valence electrons. The minimum atomic E-state index is -0.986. The summed E-state index contributed by atoms with van der Waals surface area (Å²) >= 11 is 0. The van der Waals surface area contributed by atoms with Crippen LogP contribution in [-0.4, -0.2) is 58.2 Å². The summed E-state index contributed by atoms with van der Waals surface area (Å²) < 4.78 is 0. The SMILES string of the molecule is CC(C)c1ncc(N2CCN(C(C)C)CC2)c(C(=O)O)n1. The standard InChI is InChI=1S/C15H24N4O2/c1-10(2)14-16-9-12(13(17-14)15(20)21)19-7-5-18(6-8-19)11(3)4/h9-11H,5-8H2,1-4H3,(H,20,21). The first-order chi connectivity index (χ1) is 9.90. The molecule has 0 atom stereocenters. The Bertz CT molecular complexity index is 508. The lowest BCUT2D eigenvalue weighted by molar-refractivity contribution is 0.0690. The summed E-state index contributed by atoms with van der Waals surface area (Å²) in [4.78, 5) is 24.5. The van der Waals surface area contributed by atoms with Crippen LogP contribution in [0.25, 0.3) is 0 Å². The molecule has 1 N–H and O–H groups in total. The highest BCUT2D eigenvalue weighted by atomic mass is 16.4. The number of aromatic nitrogens is 2. The van der Waals surface area contributed by atoms with Crippen LogP contribution in [0.3, 0.4) is 0 Å². The second-order valence-corrected chi connectivity index (χ2v) is 6.04. The number of hydrogen-bond donors (Lipinski definition) is 1. The first-order valence-corrected chi connectivity index (χ1v) is 7.49. The summed E-state index contributed by atoms with van der Waals surface area (Å²) in [6, 6.07) is 0.519. The maximum Gasteiger partial charge on any atom is 0.356 e. The molecule has 0 radical (unpaired) electrons. The first-order valence-electron chi connectivity index (χ1n) is 7.49. The van der Waals surface area contributed by atoms with Gasteiger partial charge in [-0.2, -0.15) is 0 Å². The molecule has 1 aliphatic heterocycles. The Morgan fingerprint density at radius 3 is 2.29 bits per heavy atom. The molecule has 1 aromatic heterocycles. The highest BCUT2D eigenvalue weighted by Gasteiger charge is 2.24. The van der Waals surface area contributed by atoms with Crippen molar-refractivity contribution in [1.29, 1.82) is 0 Å². The number of piperazine rings is 1. The fraction of sp³-hybridized carbons (Fsp3) is 0.667. The molecular weight excluding hydrogens is 268 g/mol. The average Bonchev–Trinajstić information content (AvgIpc) is 2.46. The smallest absolute Gasteiger partial charge is 0.356 e. The lowest BCUT2D eigenvalue weighted by Gasteiger charge is -2.38. The molecule has 1 saturated heterocycles. The number of anilines is 1. The van der Waals surface area contributed by atoms with Crippen molar-refractivity contribution >= 4 is 11.7 Å². The van der Waals surface area contributed by atoms with Crippen LogP contribution in [0, 0.1) is 0 Å². The lowest BCUT2D eigenvalue weighted by Crippen LogP contribution is -2.49. The molecule has 6 heteroatoms. The molecule has 6 nitrogen and oxygen atoms in total. The predicted octanol–water partition coefficient (Wildman–Crippen LogP) is 1.83. The van der Waals surface area contributed by atoms with Crippen LogP contribution in [0.4, 0.5) is 5.69 Å². The van der Waals surface area contributed by atoms with Crippen molar-refractivity contribution in [1.82, 2.24) is 14.9 Å². The number of carbonyl (C=O) groups is 1. The average molecular weight is 292 g/mol. The zero-order valence-electron chi connectivity index (χ0n) is 13.2. The molecule has 2 heterocycles.